The maximum atomic E-state index is 12.0. The summed E-state index contributed by atoms with van der Waals surface area (Å²) in [4.78, 5) is 14.4. The van der Waals surface area contributed by atoms with Crippen LogP contribution in [-0.2, 0) is 14.3 Å². The molecule has 0 aromatic rings. The van der Waals surface area contributed by atoms with Crippen molar-refractivity contribution in [2.45, 2.75) is 51.5 Å². The number of unbranched alkanes of at least 4 members (excludes halogenated alkanes) is 1. The van der Waals surface area contributed by atoms with Crippen molar-refractivity contribution in [2.75, 3.05) is 46.5 Å². The molecule has 1 heterocycles. The number of carbonyl (C=O) groups excluding carboxylic acids is 1. The van der Waals surface area contributed by atoms with Gasteiger partial charge in [-0.25, -0.2) is 0 Å². The minimum atomic E-state index is -0.549. The molecule has 1 unspecified atom stereocenters. The molecule has 1 aliphatic heterocycles. The summed E-state index contributed by atoms with van der Waals surface area (Å²) in [5.41, 5.74) is -0.549. The molecular formula is C16H32N2O3. The summed E-state index contributed by atoms with van der Waals surface area (Å²) in [6.07, 6.45) is 5.10. The molecule has 21 heavy (non-hydrogen) atoms. The fraction of sp³-hybridized carbons (Fsp3) is 0.938. The van der Waals surface area contributed by atoms with Crippen LogP contribution in [0.15, 0.2) is 0 Å². The highest BCUT2D eigenvalue weighted by molar-refractivity contribution is 5.80. The van der Waals surface area contributed by atoms with Crippen LogP contribution < -0.4 is 5.32 Å². The first-order chi connectivity index (χ1) is 10.1. The number of hydrogen-bond acceptors (Lipinski definition) is 5. The Kier molecular flexibility index (Phi) is 8.88. The van der Waals surface area contributed by atoms with Crippen molar-refractivity contribution in [3.05, 3.63) is 0 Å². The van der Waals surface area contributed by atoms with E-state index in [-0.39, 0.29) is 5.97 Å². The third kappa shape index (κ3) is 6.76. The number of esters is 1. The fourth-order valence-electron chi connectivity index (χ4n) is 2.72. The van der Waals surface area contributed by atoms with Gasteiger partial charge in [0.1, 0.15) is 5.54 Å². The van der Waals surface area contributed by atoms with Crippen molar-refractivity contribution >= 4 is 5.97 Å². The van der Waals surface area contributed by atoms with Gasteiger partial charge < -0.3 is 19.7 Å². The zero-order valence-electron chi connectivity index (χ0n) is 14.0. The van der Waals surface area contributed by atoms with E-state index in [4.69, 9.17) is 9.47 Å². The van der Waals surface area contributed by atoms with Crippen LogP contribution in [0.2, 0.25) is 0 Å². The van der Waals surface area contributed by atoms with Gasteiger partial charge in [0, 0.05) is 19.7 Å². The Labute approximate surface area is 129 Å². The summed E-state index contributed by atoms with van der Waals surface area (Å²) in [5.74, 6) is -0.154. The average molecular weight is 300 g/mol. The highest BCUT2D eigenvalue weighted by Crippen LogP contribution is 2.16. The quantitative estimate of drug-likeness (QED) is 0.520. The lowest BCUT2D eigenvalue weighted by atomic mass is 9.94. The topological polar surface area (TPSA) is 50.8 Å². The Balaban J connectivity index is 2.30. The van der Waals surface area contributed by atoms with Gasteiger partial charge >= 0.3 is 5.97 Å². The van der Waals surface area contributed by atoms with Crippen LogP contribution >= 0.6 is 0 Å². The highest BCUT2D eigenvalue weighted by Gasteiger charge is 2.32. The van der Waals surface area contributed by atoms with Crippen molar-refractivity contribution in [1.82, 2.24) is 10.2 Å². The highest BCUT2D eigenvalue weighted by atomic mass is 16.5. The van der Waals surface area contributed by atoms with Gasteiger partial charge in [-0.3, -0.25) is 4.79 Å². The zero-order valence-corrected chi connectivity index (χ0v) is 14.0. The fourth-order valence-corrected chi connectivity index (χ4v) is 2.72. The third-order valence-corrected chi connectivity index (χ3v) is 4.12. The van der Waals surface area contributed by atoms with Gasteiger partial charge in [-0.05, 0) is 52.1 Å². The first kappa shape index (κ1) is 18.4. The van der Waals surface area contributed by atoms with Gasteiger partial charge in [0.15, 0.2) is 0 Å². The van der Waals surface area contributed by atoms with Crippen molar-refractivity contribution in [1.29, 1.82) is 0 Å². The Morgan fingerprint density at radius 3 is 2.86 bits per heavy atom. The van der Waals surface area contributed by atoms with Crippen LogP contribution in [0.1, 0.15) is 46.0 Å². The molecule has 0 radical (unpaired) electrons. The number of rotatable bonds is 9. The lowest BCUT2D eigenvalue weighted by Gasteiger charge is -2.28. The van der Waals surface area contributed by atoms with Gasteiger partial charge in [-0.1, -0.05) is 6.92 Å². The first-order valence-corrected chi connectivity index (χ1v) is 8.26. The standard InChI is InChI=1S/C16H32N2O3/c1-4-9-17-16(2,15(19)20-3)8-5-6-10-18-11-7-13-21-14-12-18/h17H,4-14H2,1-3H3. The van der Waals surface area contributed by atoms with E-state index in [9.17, 15) is 4.79 Å². The van der Waals surface area contributed by atoms with E-state index in [0.717, 1.165) is 71.5 Å². The number of ether oxygens (including phenoxy) is 2. The van der Waals surface area contributed by atoms with Crippen LogP contribution in [0.25, 0.3) is 0 Å². The van der Waals surface area contributed by atoms with Gasteiger partial charge in [0.25, 0.3) is 0 Å². The number of hydrogen-bond donors (Lipinski definition) is 1. The summed E-state index contributed by atoms with van der Waals surface area (Å²) in [6.45, 7) is 9.88. The van der Waals surface area contributed by atoms with E-state index in [1.807, 2.05) is 6.92 Å². The summed E-state index contributed by atoms with van der Waals surface area (Å²) >= 11 is 0. The first-order valence-electron chi connectivity index (χ1n) is 8.26. The van der Waals surface area contributed by atoms with Crippen molar-refractivity contribution < 1.29 is 14.3 Å². The molecule has 0 amide bonds. The molecule has 124 valence electrons. The van der Waals surface area contributed by atoms with E-state index in [1.54, 1.807) is 0 Å². The molecule has 0 bridgehead atoms. The summed E-state index contributed by atoms with van der Waals surface area (Å²) in [5, 5.41) is 3.34. The third-order valence-electron chi connectivity index (χ3n) is 4.12. The molecule has 0 saturated carbocycles. The number of carbonyl (C=O) groups is 1. The maximum absolute atomic E-state index is 12.0. The van der Waals surface area contributed by atoms with Crippen LogP contribution in [0.4, 0.5) is 0 Å². The molecule has 0 aromatic carbocycles. The summed E-state index contributed by atoms with van der Waals surface area (Å²) in [7, 11) is 1.46. The molecule has 5 heteroatoms. The second-order valence-electron chi connectivity index (χ2n) is 6.02. The predicted molar refractivity (Wildman–Crippen MR) is 84.4 cm³/mol. The van der Waals surface area contributed by atoms with Crippen molar-refractivity contribution in [3.8, 4) is 0 Å². The molecule has 1 fully saturated rings. The molecule has 0 aromatic heterocycles. The monoisotopic (exact) mass is 300 g/mol. The number of nitrogens with zero attached hydrogens (tertiary/aromatic N) is 1. The number of nitrogens with one attached hydrogen (secondary N) is 1. The van der Waals surface area contributed by atoms with E-state index < -0.39 is 5.54 Å². The lowest BCUT2D eigenvalue weighted by Crippen LogP contribution is -2.50. The largest absolute Gasteiger partial charge is 0.468 e. The maximum Gasteiger partial charge on any atom is 0.325 e. The van der Waals surface area contributed by atoms with E-state index in [2.05, 4.69) is 17.1 Å². The molecule has 5 nitrogen and oxygen atoms in total. The minimum Gasteiger partial charge on any atom is -0.468 e. The molecule has 1 N–H and O–H groups in total. The van der Waals surface area contributed by atoms with Crippen molar-refractivity contribution in [2.24, 2.45) is 0 Å². The van der Waals surface area contributed by atoms with Gasteiger partial charge in [-0.2, -0.15) is 0 Å². The molecule has 1 atom stereocenters. The predicted octanol–water partition coefficient (Wildman–Crippen LogP) is 1.81. The normalized spacial score (nSPS) is 19.8. The molecular weight excluding hydrogens is 268 g/mol. The Morgan fingerprint density at radius 1 is 1.33 bits per heavy atom. The van der Waals surface area contributed by atoms with Crippen LogP contribution in [0.5, 0.6) is 0 Å². The Bertz CT molecular complexity index is 291. The Hall–Kier alpha value is -0.650. The van der Waals surface area contributed by atoms with E-state index in [1.165, 1.54) is 7.11 Å². The molecule has 0 aliphatic carbocycles. The summed E-state index contributed by atoms with van der Waals surface area (Å²) < 4.78 is 10.4. The van der Waals surface area contributed by atoms with Crippen LogP contribution in [0.3, 0.4) is 0 Å². The number of methoxy groups -OCH3 is 1. The molecule has 1 rings (SSSR count). The second-order valence-corrected chi connectivity index (χ2v) is 6.02. The average Bonchev–Trinajstić information content (AvgIpc) is 2.77. The summed E-state index contributed by atoms with van der Waals surface area (Å²) in [6, 6.07) is 0. The Morgan fingerprint density at radius 2 is 2.14 bits per heavy atom. The van der Waals surface area contributed by atoms with E-state index >= 15 is 0 Å². The van der Waals surface area contributed by atoms with E-state index in [0.29, 0.717) is 0 Å². The van der Waals surface area contributed by atoms with Crippen LogP contribution in [0, 0.1) is 0 Å². The minimum absolute atomic E-state index is 0.154. The van der Waals surface area contributed by atoms with Gasteiger partial charge in [0.2, 0.25) is 0 Å². The molecule has 1 aliphatic rings. The lowest BCUT2D eigenvalue weighted by molar-refractivity contribution is -0.148. The van der Waals surface area contributed by atoms with Crippen molar-refractivity contribution in [3.63, 3.8) is 0 Å². The second kappa shape index (κ2) is 10.1. The smallest absolute Gasteiger partial charge is 0.325 e. The molecule has 0 spiro atoms. The SMILES string of the molecule is CCCNC(C)(CCCCN1CCCOCC1)C(=O)OC. The van der Waals surface area contributed by atoms with Gasteiger partial charge in [0.05, 0.1) is 13.7 Å². The van der Waals surface area contributed by atoms with Gasteiger partial charge in [-0.15, -0.1) is 0 Å². The zero-order chi connectivity index (χ0) is 15.6. The van der Waals surface area contributed by atoms with Crippen LogP contribution in [-0.4, -0.2) is 62.9 Å². The molecule has 1 saturated heterocycles.